The van der Waals surface area contributed by atoms with Crippen molar-refractivity contribution in [2.45, 2.75) is 46.2 Å². The lowest BCUT2D eigenvalue weighted by Crippen LogP contribution is -2.39. The van der Waals surface area contributed by atoms with Crippen LogP contribution in [0.4, 0.5) is 5.82 Å². The summed E-state index contributed by atoms with van der Waals surface area (Å²) in [5.74, 6) is 0.943. The summed E-state index contributed by atoms with van der Waals surface area (Å²) in [4.78, 5) is 4.77. The second kappa shape index (κ2) is 6.50. The van der Waals surface area contributed by atoms with E-state index in [-0.39, 0.29) is 0 Å². The summed E-state index contributed by atoms with van der Waals surface area (Å²) >= 11 is 0. The van der Waals surface area contributed by atoms with Crippen molar-refractivity contribution in [2.75, 3.05) is 31.6 Å². The number of hydrogen-bond donors (Lipinski definition) is 1. The van der Waals surface area contributed by atoms with Crippen LogP contribution in [0.3, 0.4) is 0 Å². The molecule has 5 heteroatoms. The third-order valence-electron chi connectivity index (χ3n) is 4.52. The van der Waals surface area contributed by atoms with E-state index >= 15 is 0 Å². The molecule has 1 aromatic rings. The number of nitrogens with two attached hydrogens (primary N) is 1. The van der Waals surface area contributed by atoms with Gasteiger partial charge in [-0.3, -0.25) is 4.90 Å². The second-order valence-corrected chi connectivity index (χ2v) is 5.72. The van der Waals surface area contributed by atoms with Crippen LogP contribution in [0.2, 0.25) is 0 Å². The molecule has 1 aromatic heterocycles. The van der Waals surface area contributed by atoms with Crippen molar-refractivity contribution in [3.05, 3.63) is 16.8 Å². The van der Waals surface area contributed by atoms with Crippen LogP contribution >= 0.6 is 0 Å². The Bertz CT molecular complexity index is 460. The van der Waals surface area contributed by atoms with Gasteiger partial charge in [0.2, 0.25) is 0 Å². The fourth-order valence-corrected chi connectivity index (χ4v) is 3.12. The van der Waals surface area contributed by atoms with Crippen LogP contribution in [0.25, 0.3) is 0 Å². The highest BCUT2D eigenvalue weighted by Crippen LogP contribution is 2.23. The highest BCUT2D eigenvalue weighted by molar-refractivity contribution is 5.50. The molecule has 1 unspecified atom stereocenters. The first kappa shape index (κ1) is 15.2. The van der Waals surface area contributed by atoms with Crippen LogP contribution in [0.15, 0.2) is 0 Å². The molecule has 1 aliphatic heterocycles. The van der Waals surface area contributed by atoms with Crippen molar-refractivity contribution in [2.24, 2.45) is 5.73 Å². The quantitative estimate of drug-likeness (QED) is 0.883. The third-order valence-corrected chi connectivity index (χ3v) is 4.52. The predicted molar refractivity (Wildman–Crippen MR) is 82.9 cm³/mol. The normalized spacial score (nSPS) is 19.6. The van der Waals surface area contributed by atoms with E-state index in [2.05, 4.69) is 40.9 Å². The molecule has 112 valence electrons. The topological polar surface area (TPSA) is 58.3 Å². The zero-order valence-corrected chi connectivity index (χ0v) is 13.2. The minimum Gasteiger partial charge on any atom is -0.356 e. The molecular formula is C15H27N5. The van der Waals surface area contributed by atoms with E-state index < -0.39 is 0 Å². The Hall–Kier alpha value is -1.20. The highest BCUT2D eigenvalue weighted by Gasteiger charge is 2.25. The molecule has 0 aromatic carbocycles. The van der Waals surface area contributed by atoms with Crippen molar-refractivity contribution in [3.63, 3.8) is 0 Å². The van der Waals surface area contributed by atoms with Gasteiger partial charge in [0.15, 0.2) is 5.82 Å². The van der Waals surface area contributed by atoms with Crippen LogP contribution in [0.5, 0.6) is 0 Å². The fourth-order valence-electron chi connectivity index (χ4n) is 3.12. The van der Waals surface area contributed by atoms with E-state index in [1.165, 1.54) is 24.9 Å². The van der Waals surface area contributed by atoms with Gasteiger partial charge in [-0.1, -0.05) is 6.92 Å². The number of aromatic nitrogens is 2. The summed E-state index contributed by atoms with van der Waals surface area (Å²) in [5, 5.41) is 8.64. The minimum atomic E-state index is 0.518. The van der Waals surface area contributed by atoms with Gasteiger partial charge in [-0.15, -0.1) is 5.10 Å². The van der Waals surface area contributed by atoms with Gasteiger partial charge in [0.25, 0.3) is 0 Å². The van der Waals surface area contributed by atoms with Gasteiger partial charge in [0.05, 0.1) is 5.69 Å². The number of likely N-dealkylation sites (N-methyl/N-ethyl adjacent to an activating group) is 2. The first-order chi connectivity index (χ1) is 9.58. The molecule has 0 bridgehead atoms. The van der Waals surface area contributed by atoms with Gasteiger partial charge < -0.3 is 10.6 Å². The van der Waals surface area contributed by atoms with Gasteiger partial charge in [-0.25, -0.2) is 0 Å². The molecule has 0 radical (unpaired) electrons. The van der Waals surface area contributed by atoms with Gasteiger partial charge in [-0.05, 0) is 45.3 Å². The molecule has 20 heavy (non-hydrogen) atoms. The molecule has 1 aliphatic rings. The van der Waals surface area contributed by atoms with E-state index in [9.17, 15) is 0 Å². The average Bonchev–Trinajstić information content (AvgIpc) is 2.88. The van der Waals surface area contributed by atoms with Crippen molar-refractivity contribution < 1.29 is 0 Å². The smallest absolute Gasteiger partial charge is 0.155 e. The summed E-state index contributed by atoms with van der Waals surface area (Å²) in [6.45, 7) is 10.2. The van der Waals surface area contributed by atoms with Gasteiger partial charge in [0, 0.05) is 31.7 Å². The predicted octanol–water partition coefficient (Wildman–Crippen LogP) is 1.47. The summed E-state index contributed by atoms with van der Waals surface area (Å²) in [7, 11) is 2.10. The number of anilines is 1. The Labute approximate surface area is 122 Å². The maximum absolute atomic E-state index is 5.91. The molecule has 1 fully saturated rings. The molecule has 0 amide bonds. The van der Waals surface area contributed by atoms with Gasteiger partial charge in [0.1, 0.15) is 0 Å². The van der Waals surface area contributed by atoms with E-state index in [1.807, 2.05) is 6.92 Å². The van der Waals surface area contributed by atoms with Gasteiger partial charge in [-0.2, -0.15) is 5.10 Å². The zero-order chi connectivity index (χ0) is 14.7. The molecule has 0 aliphatic carbocycles. The first-order valence-electron chi connectivity index (χ1n) is 7.56. The highest BCUT2D eigenvalue weighted by atomic mass is 15.3. The maximum atomic E-state index is 5.91. The van der Waals surface area contributed by atoms with Crippen molar-refractivity contribution in [3.8, 4) is 0 Å². The van der Waals surface area contributed by atoms with Crippen molar-refractivity contribution in [1.82, 2.24) is 15.1 Å². The Kier molecular flexibility index (Phi) is 4.94. The molecule has 1 saturated heterocycles. The number of nitrogens with zero attached hydrogens (tertiary/aromatic N) is 4. The van der Waals surface area contributed by atoms with E-state index in [0.717, 1.165) is 30.2 Å². The summed E-state index contributed by atoms with van der Waals surface area (Å²) in [6, 6.07) is 0.624. The van der Waals surface area contributed by atoms with Crippen LogP contribution < -0.4 is 10.6 Å². The minimum absolute atomic E-state index is 0.518. The summed E-state index contributed by atoms with van der Waals surface area (Å²) < 4.78 is 0. The monoisotopic (exact) mass is 277 g/mol. The SMILES string of the molecule is CCN1CCCC1CN(C)c1nnc(C)c(C)c1CN. The average molecular weight is 277 g/mol. The van der Waals surface area contributed by atoms with E-state index in [0.29, 0.717) is 12.6 Å². The van der Waals surface area contributed by atoms with Crippen molar-refractivity contribution >= 4 is 5.82 Å². The second-order valence-electron chi connectivity index (χ2n) is 5.72. The van der Waals surface area contributed by atoms with Crippen LogP contribution in [-0.4, -0.2) is 47.8 Å². The Morgan fingerprint density at radius 2 is 2.10 bits per heavy atom. The number of likely N-dealkylation sites (tertiary alicyclic amines) is 1. The molecule has 5 nitrogen and oxygen atoms in total. The van der Waals surface area contributed by atoms with Crippen molar-refractivity contribution in [1.29, 1.82) is 0 Å². The van der Waals surface area contributed by atoms with E-state index in [1.54, 1.807) is 0 Å². The maximum Gasteiger partial charge on any atom is 0.155 e. The van der Waals surface area contributed by atoms with Crippen LogP contribution in [0, 0.1) is 13.8 Å². The number of rotatable bonds is 5. The summed E-state index contributed by atoms with van der Waals surface area (Å²) in [5.41, 5.74) is 9.18. The van der Waals surface area contributed by atoms with Crippen LogP contribution in [-0.2, 0) is 6.54 Å². The third kappa shape index (κ3) is 2.94. The standard InChI is InChI=1S/C15H27N5/c1-5-20-8-6-7-13(20)10-19(4)15-14(9-16)11(2)12(3)17-18-15/h13H,5-10,16H2,1-4H3. The molecule has 2 heterocycles. The molecule has 2 N–H and O–H groups in total. The van der Waals surface area contributed by atoms with E-state index in [4.69, 9.17) is 5.73 Å². The molecule has 0 spiro atoms. The summed E-state index contributed by atoms with van der Waals surface area (Å²) in [6.07, 6.45) is 2.57. The molecule has 1 atom stereocenters. The molecular weight excluding hydrogens is 250 g/mol. The number of aryl methyl sites for hydroxylation is 1. The lowest BCUT2D eigenvalue weighted by atomic mass is 10.1. The first-order valence-corrected chi connectivity index (χ1v) is 7.56. The lowest BCUT2D eigenvalue weighted by molar-refractivity contribution is 0.270. The Morgan fingerprint density at radius 1 is 1.35 bits per heavy atom. The number of hydrogen-bond acceptors (Lipinski definition) is 5. The van der Waals surface area contributed by atoms with Gasteiger partial charge >= 0.3 is 0 Å². The fraction of sp³-hybridized carbons (Fsp3) is 0.733. The largest absolute Gasteiger partial charge is 0.356 e. The van der Waals surface area contributed by atoms with Crippen LogP contribution in [0.1, 0.15) is 36.6 Å². The molecule has 2 rings (SSSR count). The molecule has 0 saturated carbocycles. The zero-order valence-electron chi connectivity index (χ0n) is 13.2. The Morgan fingerprint density at radius 3 is 2.75 bits per heavy atom. The Balaban J connectivity index is 2.17. The lowest BCUT2D eigenvalue weighted by Gasteiger charge is -2.29.